The first-order chi connectivity index (χ1) is 8.17. The van der Waals surface area contributed by atoms with E-state index < -0.39 is 0 Å². The van der Waals surface area contributed by atoms with E-state index in [1.54, 1.807) is 18.2 Å². The van der Waals surface area contributed by atoms with Crippen LogP contribution in [-0.4, -0.2) is 6.61 Å². The summed E-state index contributed by atoms with van der Waals surface area (Å²) in [5.41, 5.74) is 0. The second-order valence-electron chi connectivity index (χ2n) is 4.69. The van der Waals surface area contributed by atoms with Crippen molar-refractivity contribution in [2.75, 3.05) is 6.61 Å². The zero-order valence-corrected chi connectivity index (χ0v) is 11.8. The Hall–Kier alpha value is -0.400. The standard InChI is InChI=1S/C14H18Cl2O/c1-3-10-11(4-2)12(10)8-17-14-7-9(15)5-6-13(14)16/h5-7,10-12H,3-4,8H2,1-2H3/t10-,11+,12?. The molecule has 0 spiro atoms. The number of hydrogen-bond acceptors (Lipinski definition) is 1. The van der Waals surface area contributed by atoms with Crippen molar-refractivity contribution in [1.82, 2.24) is 0 Å². The van der Waals surface area contributed by atoms with Crippen LogP contribution in [-0.2, 0) is 0 Å². The molecule has 1 saturated carbocycles. The maximum atomic E-state index is 6.06. The molecule has 0 saturated heterocycles. The Labute approximate surface area is 113 Å². The molecule has 2 rings (SSSR count). The molecule has 1 aromatic rings. The minimum absolute atomic E-state index is 0.635. The zero-order valence-electron chi connectivity index (χ0n) is 10.2. The largest absolute Gasteiger partial charge is 0.492 e. The van der Waals surface area contributed by atoms with Gasteiger partial charge in [-0.05, 0) is 29.9 Å². The smallest absolute Gasteiger partial charge is 0.139 e. The van der Waals surface area contributed by atoms with Crippen LogP contribution in [0.4, 0.5) is 0 Å². The van der Waals surface area contributed by atoms with Crippen molar-refractivity contribution >= 4 is 23.2 Å². The lowest BCUT2D eigenvalue weighted by Crippen LogP contribution is -2.02. The summed E-state index contributed by atoms with van der Waals surface area (Å²) in [6, 6.07) is 5.34. The molecular weight excluding hydrogens is 255 g/mol. The van der Waals surface area contributed by atoms with E-state index >= 15 is 0 Å². The van der Waals surface area contributed by atoms with Gasteiger partial charge in [0.05, 0.1) is 11.6 Å². The predicted molar refractivity (Wildman–Crippen MR) is 73.0 cm³/mol. The summed E-state index contributed by atoms with van der Waals surface area (Å²) in [5.74, 6) is 3.06. The first kappa shape index (κ1) is 13.0. The molecule has 3 atom stereocenters. The van der Waals surface area contributed by atoms with Gasteiger partial charge < -0.3 is 4.74 Å². The van der Waals surface area contributed by atoms with Crippen molar-refractivity contribution < 1.29 is 4.74 Å². The normalized spacial score (nSPS) is 26.9. The Kier molecular flexibility index (Phi) is 4.22. The number of benzene rings is 1. The fourth-order valence-electron chi connectivity index (χ4n) is 2.76. The van der Waals surface area contributed by atoms with E-state index in [2.05, 4.69) is 13.8 Å². The Morgan fingerprint density at radius 1 is 1.06 bits per heavy atom. The van der Waals surface area contributed by atoms with E-state index in [-0.39, 0.29) is 0 Å². The first-order valence-electron chi connectivity index (χ1n) is 6.25. The van der Waals surface area contributed by atoms with E-state index in [1.165, 1.54) is 12.8 Å². The van der Waals surface area contributed by atoms with E-state index in [4.69, 9.17) is 27.9 Å². The van der Waals surface area contributed by atoms with E-state index in [1.807, 2.05) is 0 Å². The van der Waals surface area contributed by atoms with Crippen molar-refractivity contribution in [3.8, 4) is 5.75 Å². The second kappa shape index (κ2) is 5.49. The molecular formula is C14H18Cl2O. The summed E-state index contributed by atoms with van der Waals surface area (Å²) in [6.07, 6.45) is 2.49. The highest BCUT2D eigenvalue weighted by Gasteiger charge is 2.47. The van der Waals surface area contributed by atoms with Crippen LogP contribution in [0, 0.1) is 17.8 Å². The fourth-order valence-corrected chi connectivity index (χ4v) is 3.09. The highest BCUT2D eigenvalue weighted by molar-refractivity contribution is 6.34. The summed E-state index contributed by atoms with van der Waals surface area (Å²) >= 11 is 12.0. The van der Waals surface area contributed by atoms with Gasteiger partial charge in [-0.1, -0.05) is 49.9 Å². The third-order valence-corrected chi connectivity index (χ3v) is 4.32. The minimum atomic E-state index is 0.635. The molecule has 1 aliphatic rings. The first-order valence-corrected chi connectivity index (χ1v) is 7.00. The van der Waals surface area contributed by atoms with E-state index in [9.17, 15) is 0 Å². The van der Waals surface area contributed by atoms with Crippen LogP contribution in [0.5, 0.6) is 5.75 Å². The fraction of sp³-hybridized carbons (Fsp3) is 0.571. The lowest BCUT2D eigenvalue weighted by molar-refractivity contribution is 0.285. The number of ether oxygens (including phenoxy) is 1. The molecule has 0 N–H and O–H groups in total. The monoisotopic (exact) mass is 272 g/mol. The van der Waals surface area contributed by atoms with Crippen LogP contribution in [0.2, 0.25) is 10.0 Å². The molecule has 0 aromatic heterocycles. The molecule has 0 amide bonds. The molecule has 1 nitrogen and oxygen atoms in total. The zero-order chi connectivity index (χ0) is 12.4. The van der Waals surface area contributed by atoms with Crippen LogP contribution < -0.4 is 4.74 Å². The van der Waals surface area contributed by atoms with Gasteiger partial charge in [0.15, 0.2) is 0 Å². The van der Waals surface area contributed by atoms with Crippen molar-refractivity contribution in [2.24, 2.45) is 17.8 Å². The number of halogens is 2. The van der Waals surface area contributed by atoms with Gasteiger partial charge >= 0.3 is 0 Å². The maximum absolute atomic E-state index is 6.06. The number of hydrogen-bond donors (Lipinski definition) is 0. The lowest BCUT2D eigenvalue weighted by atomic mass is 10.2. The van der Waals surface area contributed by atoms with Crippen LogP contribution >= 0.6 is 23.2 Å². The van der Waals surface area contributed by atoms with E-state index in [0.717, 1.165) is 18.4 Å². The molecule has 1 unspecified atom stereocenters. The summed E-state index contributed by atoms with van der Waals surface area (Å²) in [6.45, 7) is 5.26. The Morgan fingerprint density at radius 3 is 2.29 bits per heavy atom. The molecule has 0 aliphatic heterocycles. The highest BCUT2D eigenvalue weighted by atomic mass is 35.5. The van der Waals surface area contributed by atoms with Crippen molar-refractivity contribution in [3.05, 3.63) is 28.2 Å². The van der Waals surface area contributed by atoms with Gasteiger partial charge in [0.2, 0.25) is 0 Å². The van der Waals surface area contributed by atoms with Gasteiger partial charge in [-0.25, -0.2) is 0 Å². The quantitative estimate of drug-likeness (QED) is 0.729. The van der Waals surface area contributed by atoms with Crippen LogP contribution in [0.3, 0.4) is 0 Å². The van der Waals surface area contributed by atoms with Crippen LogP contribution in [0.25, 0.3) is 0 Å². The minimum Gasteiger partial charge on any atom is -0.492 e. The van der Waals surface area contributed by atoms with Gasteiger partial charge in [-0.3, -0.25) is 0 Å². The SMILES string of the molecule is CC[C@@H]1C(COc2cc(Cl)ccc2Cl)[C@@H]1CC. The summed E-state index contributed by atoms with van der Waals surface area (Å²) in [7, 11) is 0. The molecule has 1 aromatic carbocycles. The maximum Gasteiger partial charge on any atom is 0.139 e. The lowest BCUT2D eigenvalue weighted by Gasteiger charge is -2.08. The summed E-state index contributed by atoms with van der Waals surface area (Å²) in [5, 5.41) is 1.30. The average molecular weight is 273 g/mol. The van der Waals surface area contributed by atoms with E-state index in [0.29, 0.717) is 21.7 Å². The molecule has 1 aliphatic carbocycles. The topological polar surface area (TPSA) is 9.23 Å². The third-order valence-electron chi connectivity index (χ3n) is 3.78. The van der Waals surface area contributed by atoms with Crippen molar-refractivity contribution in [3.63, 3.8) is 0 Å². The number of rotatable bonds is 5. The Bertz CT molecular complexity index is 382. The van der Waals surface area contributed by atoms with Gasteiger partial charge in [0, 0.05) is 11.1 Å². The molecule has 0 bridgehead atoms. The average Bonchev–Trinajstić information content (AvgIpc) is 3.02. The van der Waals surface area contributed by atoms with Gasteiger partial charge in [0.25, 0.3) is 0 Å². The molecule has 94 valence electrons. The molecule has 3 heteroatoms. The Balaban J connectivity index is 1.92. The van der Waals surface area contributed by atoms with Gasteiger partial charge in [-0.2, -0.15) is 0 Å². The van der Waals surface area contributed by atoms with Crippen molar-refractivity contribution in [1.29, 1.82) is 0 Å². The summed E-state index contributed by atoms with van der Waals surface area (Å²) < 4.78 is 5.79. The molecule has 0 radical (unpaired) electrons. The van der Waals surface area contributed by atoms with Gasteiger partial charge in [0.1, 0.15) is 5.75 Å². The third kappa shape index (κ3) is 2.89. The Morgan fingerprint density at radius 2 is 1.71 bits per heavy atom. The molecule has 1 fully saturated rings. The van der Waals surface area contributed by atoms with Crippen molar-refractivity contribution in [2.45, 2.75) is 26.7 Å². The second-order valence-corrected chi connectivity index (χ2v) is 5.54. The highest BCUT2D eigenvalue weighted by Crippen LogP contribution is 2.50. The predicted octanol–water partition coefficient (Wildman–Crippen LogP) is 5.05. The summed E-state index contributed by atoms with van der Waals surface area (Å²) in [4.78, 5) is 0. The molecule has 17 heavy (non-hydrogen) atoms. The molecule has 0 heterocycles. The van der Waals surface area contributed by atoms with Gasteiger partial charge in [-0.15, -0.1) is 0 Å². The van der Waals surface area contributed by atoms with Crippen LogP contribution in [0.1, 0.15) is 26.7 Å². The van der Waals surface area contributed by atoms with Crippen LogP contribution in [0.15, 0.2) is 18.2 Å².